The van der Waals surface area contributed by atoms with Crippen molar-refractivity contribution < 1.29 is 19.2 Å². The SMILES string of the molecule is CC(C)c1cc(C(=O)N2CCc3ccccc3C2C(=O)O)no1. The lowest BCUT2D eigenvalue weighted by atomic mass is 9.92. The van der Waals surface area contributed by atoms with Crippen LogP contribution in [0.4, 0.5) is 0 Å². The Kier molecular flexibility index (Phi) is 3.90. The number of nitrogens with zero attached hydrogens (tertiary/aromatic N) is 2. The summed E-state index contributed by atoms with van der Waals surface area (Å²) in [6.07, 6.45) is 0.626. The van der Waals surface area contributed by atoms with Crippen molar-refractivity contribution in [2.24, 2.45) is 0 Å². The van der Waals surface area contributed by atoms with Crippen LogP contribution in [0.1, 0.15) is 53.2 Å². The molecule has 2 aromatic rings. The van der Waals surface area contributed by atoms with E-state index in [4.69, 9.17) is 4.52 Å². The number of amides is 1. The van der Waals surface area contributed by atoms with Crippen LogP contribution in [-0.4, -0.2) is 33.6 Å². The quantitative estimate of drug-likeness (QED) is 0.941. The van der Waals surface area contributed by atoms with Crippen LogP contribution in [0.25, 0.3) is 0 Å². The molecule has 0 radical (unpaired) electrons. The molecule has 1 unspecified atom stereocenters. The molecule has 1 amide bonds. The number of hydrogen-bond donors (Lipinski definition) is 1. The lowest BCUT2D eigenvalue weighted by Gasteiger charge is -2.34. The minimum absolute atomic E-state index is 0.112. The fourth-order valence-corrected chi connectivity index (χ4v) is 2.86. The van der Waals surface area contributed by atoms with Crippen LogP contribution in [0.3, 0.4) is 0 Å². The van der Waals surface area contributed by atoms with Gasteiger partial charge in [-0.2, -0.15) is 0 Å². The summed E-state index contributed by atoms with van der Waals surface area (Å²) in [5.74, 6) is -0.736. The summed E-state index contributed by atoms with van der Waals surface area (Å²) in [6, 6.07) is 7.92. The fraction of sp³-hybridized carbons (Fsp3) is 0.353. The number of fused-ring (bicyclic) bond motifs is 1. The van der Waals surface area contributed by atoms with Crippen LogP contribution in [-0.2, 0) is 11.2 Å². The number of hydrogen-bond acceptors (Lipinski definition) is 4. The second-order valence-corrected chi connectivity index (χ2v) is 5.96. The number of carbonyl (C=O) groups excluding carboxylic acids is 1. The van der Waals surface area contributed by atoms with Gasteiger partial charge >= 0.3 is 5.97 Å². The summed E-state index contributed by atoms with van der Waals surface area (Å²) in [5, 5.41) is 13.4. The number of rotatable bonds is 3. The second kappa shape index (κ2) is 5.87. The first-order chi connectivity index (χ1) is 11.0. The Morgan fingerprint density at radius 1 is 1.35 bits per heavy atom. The van der Waals surface area contributed by atoms with Crippen molar-refractivity contribution in [2.75, 3.05) is 6.54 Å². The van der Waals surface area contributed by atoms with Gasteiger partial charge in [-0.05, 0) is 17.5 Å². The molecular weight excluding hydrogens is 296 g/mol. The molecule has 1 N–H and O–H groups in total. The molecule has 0 bridgehead atoms. The number of aliphatic carboxylic acids is 1. The summed E-state index contributed by atoms with van der Waals surface area (Å²) >= 11 is 0. The topological polar surface area (TPSA) is 83.6 Å². The van der Waals surface area contributed by atoms with E-state index < -0.39 is 17.9 Å². The third kappa shape index (κ3) is 2.72. The Hall–Kier alpha value is -2.63. The Morgan fingerprint density at radius 3 is 2.74 bits per heavy atom. The summed E-state index contributed by atoms with van der Waals surface area (Å²) < 4.78 is 5.16. The fourth-order valence-electron chi connectivity index (χ4n) is 2.86. The van der Waals surface area contributed by atoms with Crippen LogP contribution in [0.5, 0.6) is 0 Å². The molecule has 6 nitrogen and oxygen atoms in total. The minimum atomic E-state index is -1.04. The molecule has 23 heavy (non-hydrogen) atoms. The van der Waals surface area contributed by atoms with Crippen molar-refractivity contribution in [3.8, 4) is 0 Å². The number of aromatic nitrogens is 1. The van der Waals surface area contributed by atoms with Crippen molar-refractivity contribution in [3.63, 3.8) is 0 Å². The van der Waals surface area contributed by atoms with Crippen LogP contribution in [0, 0.1) is 0 Å². The standard InChI is InChI=1S/C17H18N2O4/c1-10(2)14-9-13(18-23-14)16(20)19-8-7-11-5-3-4-6-12(11)15(19)17(21)22/h3-6,9-10,15H,7-8H2,1-2H3,(H,21,22). The highest BCUT2D eigenvalue weighted by Crippen LogP contribution is 2.31. The highest BCUT2D eigenvalue weighted by molar-refractivity contribution is 5.95. The monoisotopic (exact) mass is 314 g/mol. The van der Waals surface area contributed by atoms with Gasteiger partial charge in [0, 0.05) is 18.5 Å². The summed E-state index contributed by atoms with van der Waals surface area (Å²) in [4.78, 5) is 25.8. The maximum Gasteiger partial charge on any atom is 0.331 e. The van der Waals surface area contributed by atoms with E-state index >= 15 is 0 Å². The lowest BCUT2D eigenvalue weighted by Crippen LogP contribution is -2.43. The Morgan fingerprint density at radius 2 is 2.09 bits per heavy atom. The molecule has 1 aliphatic rings. The van der Waals surface area contributed by atoms with Gasteiger partial charge in [-0.1, -0.05) is 43.3 Å². The average Bonchev–Trinajstić information content (AvgIpc) is 3.03. The first-order valence-electron chi connectivity index (χ1n) is 7.57. The molecule has 0 aliphatic carbocycles. The van der Waals surface area contributed by atoms with Crippen molar-refractivity contribution in [1.29, 1.82) is 0 Å². The van der Waals surface area contributed by atoms with Gasteiger partial charge in [0.2, 0.25) is 0 Å². The van der Waals surface area contributed by atoms with E-state index in [0.29, 0.717) is 24.3 Å². The molecular formula is C17H18N2O4. The van der Waals surface area contributed by atoms with Gasteiger partial charge in [0.05, 0.1) is 0 Å². The Balaban J connectivity index is 1.95. The number of carboxylic acids is 1. The highest BCUT2D eigenvalue weighted by atomic mass is 16.5. The first kappa shape index (κ1) is 15.3. The predicted molar refractivity (Wildman–Crippen MR) is 82.2 cm³/mol. The van der Waals surface area contributed by atoms with Gasteiger partial charge in [-0.15, -0.1) is 0 Å². The first-order valence-corrected chi connectivity index (χ1v) is 7.57. The smallest absolute Gasteiger partial charge is 0.331 e. The maximum atomic E-state index is 12.7. The molecule has 6 heteroatoms. The Bertz CT molecular complexity index is 751. The Labute approximate surface area is 133 Å². The van der Waals surface area contributed by atoms with Crippen molar-refractivity contribution in [1.82, 2.24) is 10.1 Å². The van der Waals surface area contributed by atoms with Crippen molar-refractivity contribution in [3.05, 3.63) is 52.9 Å². The van der Waals surface area contributed by atoms with Gasteiger partial charge < -0.3 is 14.5 Å². The molecule has 0 spiro atoms. The number of carboxylic acid groups (broad SMARTS) is 1. The van der Waals surface area contributed by atoms with Gasteiger partial charge in [0.1, 0.15) is 5.76 Å². The third-order valence-electron chi connectivity index (χ3n) is 4.09. The maximum absolute atomic E-state index is 12.7. The van der Waals surface area contributed by atoms with Crippen LogP contribution >= 0.6 is 0 Å². The van der Waals surface area contributed by atoms with Crippen LogP contribution in [0.2, 0.25) is 0 Å². The minimum Gasteiger partial charge on any atom is -0.479 e. The molecule has 120 valence electrons. The zero-order valence-electron chi connectivity index (χ0n) is 13.0. The van der Waals surface area contributed by atoms with E-state index in [1.807, 2.05) is 26.0 Å². The van der Waals surface area contributed by atoms with Gasteiger partial charge in [-0.3, -0.25) is 4.79 Å². The third-order valence-corrected chi connectivity index (χ3v) is 4.09. The molecule has 3 rings (SSSR count). The number of carbonyl (C=O) groups is 2. The molecule has 0 fully saturated rings. The van der Waals surface area contributed by atoms with Crippen LogP contribution < -0.4 is 0 Å². The summed E-state index contributed by atoms with van der Waals surface area (Å²) in [5.41, 5.74) is 1.78. The molecule has 1 aromatic carbocycles. The molecule has 1 aliphatic heterocycles. The molecule has 2 heterocycles. The van der Waals surface area contributed by atoms with Gasteiger partial charge in [-0.25, -0.2) is 4.79 Å². The lowest BCUT2D eigenvalue weighted by molar-refractivity contribution is -0.143. The van der Waals surface area contributed by atoms with Crippen molar-refractivity contribution in [2.45, 2.75) is 32.2 Å². The van der Waals surface area contributed by atoms with E-state index in [2.05, 4.69) is 5.16 Å². The zero-order chi connectivity index (χ0) is 16.6. The summed E-state index contributed by atoms with van der Waals surface area (Å²) in [6.45, 7) is 4.22. The van der Waals surface area contributed by atoms with E-state index in [-0.39, 0.29) is 11.6 Å². The predicted octanol–water partition coefficient (Wildman–Crippen LogP) is 2.62. The zero-order valence-corrected chi connectivity index (χ0v) is 13.0. The highest BCUT2D eigenvalue weighted by Gasteiger charge is 2.37. The number of benzene rings is 1. The van der Waals surface area contributed by atoms with E-state index in [1.54, 1.807) is 18.2 Å². The molecule has 0 saturated carbocycles. The van der Waals surface area contributed by atoms with Crippen molar-refractivity contribution >= 4 is 11.9 Å². The van der Waals surface area contributed by atoms with E-state index in [0.717, 1.165) is 5.56 Å². The van der Waals surface area contributed by atoms with Gasteiger partial charge in [0.25, 0.3) is 5.91 Å². The van der Waals surface area contributed by atoms with E-state index in [9.17, 15) is 14.7 Å². The molecule has 0 saturated heterocycles. The molecule has 1 atom stereocenters. The second-order valence-electron chi connectivity index (χ2n) is 5.96. The summed E-state index contributed by atoms with van der Waals surface area (Å²) in [7, 11) is 0. The largest absolute Gasteiger partial charge is 0.479 e. The van der Waals surface area contributed by atoms with Gasteiger partial charge in [0.15, 0.2) is 11.7 Å². The normalized spacial score (nSPS) is 17.2. The average molecular weight is 314 g/mol. The van der Waals surface area contributed by atoms with Crippen LogP contribution in [0.15, 0.2) is 34.9 Å². The van der Waals surface area contributed by atoms with E-state index in [1.165, 1.54) is 4.90 Å². The molecule has 1 aromatic heterocycles.